The number of piperidine rings is 1. The molecule has 0 saturated carbocycles. The van der Waals surface area contributed by atoms with E-state index in [-0.39, 0.29) is 50.5 Å². The summed E-state index contributed by atoms with van der Waals surface area (Å²) in [5, 5.41) is 5.88. The number of halogens is 3. The van der Waals surface area contributed by atoms with Gasteiger partial charge in [-0.05, 0) is 42.7 Å². The number of dihydropyridines is 1. The summed E-state index contributed by atoms with van der Waals surface area (Å²) in [6, 6.07) is 4.49. The van der Waals surface area contributed by atoms with Gasteiger partial charge in [-0.2, -0.15) is 0 Å². The number of carbonyl (C=O) groups excluding carboxylic acids is 2. The van der Waals surface area contributed by atoms with E-state index in [1.165, 1.54) is 24.1 Å². The van der Waals surface area contributed by atoms with Crippen LogP contribution in [0.25, 0.3) is 0 Å². The number of methoxy groups -OCH3 is 1. The van der Waals surface area contributed by atoms with E-state index < -0.39 is 17.6 Å². The topological polar surface area (TPSA) is 73.9 Å². The summed E-state index contributed by atoms with van der Waals surface area (Å²) in [4.78, 5) is 28.5. The molecule has 0 spiro atoms. The number of likely N-dealkylation sites (tertiary alicyclic amines) is 1. The van der Waals surface area contributed by atoms with Gasteiger partial charge in [-0.25, -0.2) is 13.2 Å². The van der Waals surface area contributed by atoms with Crippen LogP contribution in [0.5, 0.6) is 0 Å². The third-order valence-electron chi connectivity index (χ3n) is 6.35. The highest BCUT2D eigenvalue weighted by molar-refractivity contribution is 5.95. The number of benzene rings is 1. The average Bonchev–Trinajstić information content (AvgIpc) is 2.83. The van der Waals surface area contributed by atoms with Crippen LogP contribution in [-0.2, 0) is 9.53 Å². The summed E-state index contributed by atoms with van der Waals surface area (Å²) in [5.74, 6) is -3.25. The minimum Gasteiger partial charge on any atom is -0.383 e. The molecule has 1 saturated heterocycles. The maximum atomic E-state index is 14.7. The van der Waals surface area contributed by atoms with Crippen molar-refractivity contribution in [2.24, 2.45) is 0 Å². The Morgan fingerprint density at radius 3 is 2.68 bits per heavy atom. The molecule has 10 heteroatoms. The second-order valence-electron chi connectivity index (χ2n) is 8.71. The molecule has 4 rings (SSSR count). The number of ether oxygens (including phenoxy) is 1. The molecular weight excluding hydrogens is 449 g/mol. The van der Waals surface area contributed by atoms with E-state index in [0.29, 0.717) is 24.4 Å². The Morgan fingerprint density at radius 2 is 1.97 bits per heavy atom. The number of allylic oxidation sites excluding steroid dienone is 2. The Morgan fingerprint density at radius 1 is 1.21 bits per heavy atom. The van der Waals surface area contributed by atoms with E-state index in [9.17, 15) is 22.8 Å². The van der Waals surface area contributed by atoms with Crippen LogP contribution < -0.4 is 15.5 Å². The number of hydrogen-bond donors (Lipinski definition) is 2. The van der Waals surface area contributed by atoms with E-state index in [2.05, 4.69) is 10.6 Å². The second kappa shape index (κ2) is 10.1. The van der Waals surface area contributed by atoms with Gasteiger partial charge in [-0.1, -0.05) is 0 Å². The lowest BCUT2D eigenvalue weighted by molar-refractivity contribution is -0.133. The summed E-state index contributed by atoms with van der Waals surface area (Å²) in [6.45, 7) is 1.64. The number of hydrogen-bond acceptors (Lipinski definition) is 5. The van der Waals surface area contributed by atoms with Gasteiger partial charge in [0.05, 0.1) is 12.2 Å². The molecule has 184 valence electrons. The maximum absolute atomic E-state index is 14.7. The van der Waals surface area contributed by atoms with Gasteiger partial charge in [0.2, 0.25) is 0 Å². The van der Waals surface area contributed by atoms with Crippen LogP contribution in [0.1, 0.15) is 36.0 Å². The quantitative estimate of drug-likeness (QED) is 0.616. The van der Waals surface area contributed by atoms with Crippen molar-refractivity contribution in [3.63, 3.8) is 0 Å². The average molecular weight is 479 g/mol. The molecule has 3 aliphatic rings. The van der Waals surface area contributed by atoms with Crippen LogP contribution in [0.3, 0.4) is 0 Å². The van der Waals surface area contributed by atoms with Gasteiger partial charge in [0, 0.05) is 63.9 Å². The SMILES string of the molecule is COCCNC(=O)c1ccc(N2CCCC3=C2NCC(C(=O)N2CCC(F)(F)CC2)=C3)cc1F. The van der Waals surface area contributed by atoms with Crippen LogP contribution >= 0.6 is 0 Å². The van der Waals surface area contributed by atoms with Crippen LogP contribution in [0.4, 0.5) is 18.9 Å². The molecule has 1 fully saturated rings. The lowest BCUT2D eigenvalue weighted by Crippen LogP contribution is -2.46. The minimum atomic E-state index is -2.70. The van der Waals surface area contributed by atoms with Crippen LogP contribution in [0, 0.1) is 5.82 Å². The van der Waals surface area contributed by atoms with Crippen molar-refractivity contribution in [3.8, 4) is 0 Å². The molecule has 0 aliphatic carbocycles. The number of amides is 2. The van der Waals surface area contributed by atoms with E-state index in [1.807, 2.05) is 11.0 Å². The van der Waals surface area contributed by atoms with Gasteiger partial charge in [0.15, 0.2) is 0 Å². The zero-order valence-corrected chi connectivity index (χ0v) is 19.1. The molecule has 1 aromatic rings. The fourth-order valence-electron chi connectivity index (χ4n) is 4.47. The smallest absolute Gasteiger partial charge is 0.254 e. The monoisotopic (exact) mass is 478 g/mol. The zero-order chi connectivity index (χ0) is 24.3. The molecule has 0 unspecified atom stereocenters. The van der Waals surface area contributed by atoms with E-state index in [1.54, 1.807) is 6.07 Å². The second-order valence-corrected chi connectivity index (χ2v) is 8.71. The van der Waals surface area contributed by atoms with Gasteiger partial charge >= 0.3 is 0 Å². The number of nitrogens with one attached hydrogen (secondary N) is 2. The Balaban J connectivity index is 1.49. The van der Waals surface area contributed by atoms with Crippen molar-refractivity contribution in [2.75, 3.05) is 51.3 Å². The van der Waals surface area contributed by atoms with Gasteiger partial charge in [0.1, 0.15) is 11.6 Å². The summed E-state index contributed by atoms with van der Waals surface area (Å²) in [5.41, 5.74) is 2.03. The predicted octanol–water partition coefficient (Wildman–Crippen LogP) is 2.80. The molecule has 0 bridgehead atoms. The Hall–Kier alpha value is -3.01. The van der Waals surface area contributed by atoms with Crippen molar-refractivity contribution in [1.82, 2.24) is 15.5 Å². The van der Waals surface area contributed by atoms with Crippen molar-refractivity contribution < 1.29 is 27.5 Å². The number of carbonyl (C=O) groups is 2. The molecule has 34 heavy (non-hydrogen) atoms. The molecule has 2 N–H and O–H groups in total. The van der Waals surface area contributed by atoms with Crippen molar-refractivity contribution in [1.29, 1.82) is 0 Å². The molecule has 0 atom stereocenters. The number of rotatable bonds is 6. The highest BCUT2D eigenvalue weighted by Crippen LogP contribution is 2.32. The third-order valence-corrected chi connectivity index (χ3v) is 6.35. The normalized spacial score (nSPS) is 19.8. The first-order chi connectivity index (χ1) is 16.3. The molecular formula is C24H29F3N4O3. The van der Waals surface area contributed by atoms with E-state index in [4.69, 9.17) is 4.74 Å². The number of alkyl halides is 2. The molecule has 1 aromatic carbocycles. The minimum absolute atomic E-state index is 0.0393. The standard InChI is InChI=1S/C24H29F3N4O3/c1-34-12-8-28-22(32)19-5-4-18(14-20(19)25)31-9-2-3-16-13-17(15-29-21(16)31)23(33)30-10-6-24(26,27)7-11-30/h4-5,13-14,29H,2-3,6-12,15H2,1H3,(H,28,32). The first-order valence-corrected chi connectivity index (χ1v) is 11.5. The number of nitrogens with zero attached hydrogens (tertiary/aromatic N) is 2. The fourth-order valence-corrected chi connectivity index (χ4v) is 4.47. The Bertz CT molecular complexity index is 1010. The van der Waals surface area contributed by atoms with Crippen molar-refractivity contribution in [3.05, 3.63) is 52.6 Å². The highest BCUT2D eigenvalue weighted by atomic mass is 19.3. The summed E-state index contributed by atoms with van der Waals surface area (Å²) >= 11 is 0. The van der Waals surface area contributed by atoms with Gasteiger partial charge < -0.3 is 25.2 Å². The molecule has 3 aliphatic heterocycles. The van der Waals surface area contributed by atoms with E-state index >= 15 is 0 Å². The first kappa shape index (κ1) is 24.1. The predicted molar refractivity (Wildman–Crippen MR) is 121 cm³/mol. The van der Waals surface area contributed by atoms with Crippen LogP contribution in [0.15, 0.2) is 41.2 Å². The van der Waals surface area contributed by atoms with Crippen molar-refractivity contribution in [2.45, 2.75) is 31.6 Å². The maximum Gasteiger partial charge on any atom is 0.254 e. The van der Waals surface area contributed by atoms with E-state index in [0.717, 1.165) is 24.2 Å². The molecule has 2 amide bonds. The summed E-state index contributed by atoms with van der Waals surface area (Å²) < 4.78 is 46.5. The Kier molecular flexibility index (Phi) is 7.16. The zero-order valence-electron chi connectivity index (χ0n) is 19.1. The molecule has 0 radical (unpaired) electrons. The molecule has 7 nitrogen and oxygen atoms in total. The summed E-state index contributed by atoms with van der Waals surface area (Å²) in [7, 11) is 1.52. The fraction of sp³-hybridized carbons (Fsp3) is 0.500. The van der Waals surface area contributed by atoms with Gasteiger partial charge in [-0.15, -0.1) is 0 Å². The highest BCUT2D eigenvalue weighted by Gasteiger charge is 2.37. The molecule has 0 aromatic heterocycles. The lowest BCUT2D eigenvalue weighted by Gasteiger charge is -2.37. The van der Waals surface area contributed by atoms with Crippen LogP contribution in [-0.4, -0.2) is 69.1 Å². The molecule has 3 heterocycles. The van der Waals surface area contributed by atoms with Crippen LogP contribution in [0.2, 0.25) is 0 Å². The van der Waals surface area contributed by atoms with Crippen molar-refractivity contribution >= 4 is 17.5 Å². The van der Waals surface area contributed by atoms with Gasteiger partial charge in [0.25, 0.3) is 17.7 Å². The Labute approximate surface area is 196 Å². The summed E-state index contributed by atoms with van der Waals surface area (Å²) in [6.07, 6.45) is 2.76. The lowest BCUT2D eigenvalue weighted by atomic mass is 9.97. The largest absolute Gasteiger partial charge is 0.383 e. The number of anilines is 1. The third kappa shape index (κ3) is 5.22. The first-order valence-electron chi connectivity index (χ1n) is 11.5. The van der Waals surface area contributed by atoms with Gasteiger partial charge in [-0.3, -0.25) is 9.59 Å².